The Labute approximate surface area is 223 Å². The molecular weight excluding hydrogens is 456 g/mol. The smallest absolute Gasteiger partial charge is 0.169 e. The molecule has 1 aromatic rings. The van der Waals surface area contributed by atoms with Crippen LogP contribution in [0.15, 0.2) is 53.8 Å². The van der Waals surface area contributed by atoms with Gasteiger partial charge in [0.2, 0.25) is 0 Å². The minimum Gasteiger partial charge on any atom is -0.393 e. The van der Waals surface area contributed by atoms with Gasteiger partial charge in [-0.25, -0.2) is 0 Å². The molecule has 3 heteroatoms. The van der Waals surface area contributed by atoms with E-state index >= 15 is 0 Å². The van der Waals surface area contributed by atoms with Crippen LogP contribution in [0.2, 0.25) is 0 Å². The van der Waals surface area contributed by atoms with E-state index in [9.17, 15) is 5.11 Å². The average molecular weight is 499 g/mol. The van der Waals surface area contributed by atoms with Crippen LogP contribution in [0, 0.1) is 40.4 Å². The van der Waals surface area contributed by atoms with Crippen LogP contribution in [-0.4, -0.2) is 30.2 Å². The van der Waals surface area contributed by atoms with Gasteiger partial charge < -0.3 is 14.6 Å². The van der Waals surface area contributed by atoms with E-state index in [2.05, 4.69) is 69.2 Å². The Balaban J connectivity index is 1.36. The molecule has 3 nitrogen and oxygen atoms in total. The zero-order chi connectivity index (χ0) is 25.8. The van der Waals surface area contributed by atoms with Gasteiger partial charge in [-0.2, -0.15) is 0 Å². The Kier molecular flexibility index (Phi) is 6.33. The third-order valence-corrected chi connectivity index (χ3v) is 10.4. The summed E-state index contributed by atoms with van der Waals surface area (Å²) >= 11 is 0. The Hall–Kier alpha value is -2.08. The van der Waals surface area contributed by atoms with Crippen molar-refractivity contribution >= 4 is 0 Å². The largest absolute Gasteiger partial charge is 0.393 e. The van der Waals surface area contributed by atoms with Crippen LogP contribution in [0.3, 0.4) is 0 Å². The maximum atomic E-state index is 11.2. The van der Waals surface area contributed by atoms with Gasteiger partial charge in [0.15, 0.2) is 5.79 Å². The minimum absolute atomic E-state index is 0.00345. The zero-order valence-electron chi connectivity index (χ0n) is 22.8. The zero-order valence-corrected chi connectivity index (χ0v) is 22.8. The molecule has 1 saturated heterocycles. The molecule has 6 atom stereocenters. The second kappa shape index (κ2) is 9.29. The predicted octanol–water partition coefficient (Wildman–Crippen LogP) is 6.92. The minimum atomic E-state index is -0.389. The van der Waals surface area contributed by atoms with Gasteiger partial charge in [-0.15, -0.1) is 5.73 Å². The number of benzene rings is 1. The number of ether oxygens (including phenoxy) is 2. The second-order valence-corrected chi connectivity index (χ2v) is 13.4. The lowest BCUT2D eigenvalue weighted by Crippen LogP contribution is -2.52. The molecular formula is C34H42O3. The summed E-state index contributed by atoms with van der Waals surface area (Å²) in [7, 11) is 0. The van der Waals surface area contributed by atoms with Crippen molar-refractivity contribution in [3.8, 4) is 11.8 Å². The van der Waals surface area contributed by atoms with Gasteiger partial charge in [-0.05, 0) is 79.4 Å². The fraction of sp³-hybridized carbons (Fsp3) is 0.618. The topological polar surface area (TPSA) is 38.7 Å². The van der Waals surface area contributed by atoms with Crippen LogP contribution in [0.5, 0.6) is 0 Å². The van der Waals surface area contributed by atoms with Crippen molar-refractivity contribution in [1.82, 2.24) is 0 Å². The summed E-state index contributed by atoms with van der Waals surface area (Å²) < 4.78 is 12.9. The van der Waals surface area contributed by atoms with Crippen LogP contribution < -0.4 is 0 Å². The van der Waals surface area contributed by atoms with Crippen molar-refractivity contribution < 1.29 is 14.6 Å². The summed E-state index contributed by atoms with van der Waals surface area (Å²) in [5.41, 5.74) is 8.62. The monoisotopic (exact) mass is 498 g/mol. The van der Waals surface area contributed by atoms with Crippen LogP contribution >= 0.6 is 0 Å². The van der Waals surface area contributed by atoms with E-state index in [1.807, 2.05) is 0 Å². The molecule has 4 fully saturated rings. The Morgan fingerprint density at radius 1 is 1.00 bits per heavy atom. The van der Waals surface area contributed by atoms with E-state index < -0.39 is 0 Å². The number of fused-ring (bicyclic) bond motifs is 4. The highest BCUT2D eigenvalue weighted by Gasteiger charge is 2.57. The quantitative estimate of drug-likeness (QED) is 0.259. The number of hydrogen-bond donors (Lipinski definition) is 1. The second-order valence-electron chi connectivity index (χ2n) is 13.4. The van der Waals surface area contributed by atoms with Crippen molar-refractivity contribution in [1.29, 1.82) is 0 Å². The first-order valence-electron chi connectivity index (χ1n) is 14.4. The highest BCUT2D eigenvalue weighted by Crippen LogP contribution is 2.64. The molecule has 6 rings (SSSR count). The number of allylic oxidation sites excluding steroid dienone is 3. The van der Waals surface area contributed by atoms with E-state index in [4.69, 9.17) is 9.47 Å². The molecule has 5 aliphatic rings. The number of hydrogen-bond acceptors (Lipinski definition) is 3. The summed E-state index contributed by atoms with van der Waals surface area (Å²) in [6.07, 6.45) is 10.1. The molecule has 1 N–H and O–H groups in total. The van der Waals surface area contributed by atoms with E-state index in [1.54, 1.807) is 17.2 Å². The van der Waals surface area contributed by atoms with Gasteiger partial charge in [0.05, 0.1) is 19.3 Å². The molecule has 0 aromatic heterocycles. The van der Waals surface area contributed by atoms with Crippen LogP contribution in [-0.2, 0) is 9.47 Å². The molecule has 3 saturated carbocycles. The first-order valence-corrected chi connectivity index (χ1v) is 14.4. The number of rotatable bonds is 1. The predicted molar refractivity (Wildman–Crippen MR) is 147 cm³/mol. The van der Waals surface area contributed by atoms with Gasteiger partial charge in [0, 0.05) is 35.8 Å². The molecule has 196 valence electrons. The summed E-state index contributed by atoms with van der Waals surface area (Å²) in [5, 5.41) is 11.2. The van der Waals surface area contributed by atoms with Crippen molar-refractivity contribution in [2.45, 2.75) is 89.9 Å². The number of aliphatic hydroxyl groups excluding tert-OH is 1. The molecule has 1 heterocycles. The summed E-state index contributed by atoms with van der Waals surface area (Å²) in [6, 6.07) is 8.87. The maximum Gasteiger partial charge on any atom is 0.169 e. The Bertz CT molecular complexity index is 1180. The first kappa shape index (κ1) is 25.2. The molecule has 0 radical (unpaired) electrons. The molecule has 0 amide bonds. The van der Waals surface area contributed by atoms with Gasteiger partial charge in [0.25, 0.3) is 0 Å². The summed E-state index contributed by atoms with van der Waals surface area (Å²) in [6.45, 7) is 12.0. The lowest BCUT2D eigenvalue weighted by molar-refractivity contribution is -0.312. The fourth-order valence-corrected chi connectivity index (χ4v) is 8.47. The highest BCUT2D eigenvalue weighted by atomic mass is 16.7. The van der Waals surface area contributed by atoms with Crippen molar-refractivity contribution in [3.63, 3.8) is 0 Å². The SMILES string of the molecule is C=C=CC#Cc1ccc(C2CC3(C)C(O)CCC3C3CCC4CC5(CCC4=C23)OCC(C)(C)CO5)cc1. The molecule has 4 aliphatic carbocycles. The van der Waals surface area contributed by atoms with Gasteiger partial charge in [0.1, 0.15) is 0 Å². The Morgan fingerprint density at radius 2 is 1.76 bits per heavy atom. The lowest BCUT2D eigenvalue weighted by atomic mass is 9.52. The van der Waals surface area contributed by atoms with Crippen LogP contribution in [0.25, 0.3) is 0 Å². The molecule has 1 aliphatic heterocycles. The van der Waals surface area contributed by atoms with E-state index in [0.29, 0.717) is 23.7 Å². The van der Waals surface area contributed by atoms with Crippen molar-refractivity contribution in [2.24, 2.45) is 28.6 Å². The molecule has 1 aromatic carbocycles. The van der Waals surface area contributed by atoms with E-state index in [1.165, 1.54) is 18.4 Å². The van der Waals surface area contributed by atoms with Crippen LogP contribution in [0.4, 0.5) is 0 Å². The fourth-order valence-electron chi connectivity index (χ4n) is 8.47. The highest BCUT2D eigenvalue weighted by molar-refractivity contribution is 5.44. The lowest BCUT2D eigenvalue weighted by Gasteiger charge is -2.55. The third-order valence-electron chi connectivity index (χ3n) is 10.4. The molecule has 0 bridgehead atoms. The molecule has 1 spiro atoms. The average Bonchev–Trinajstić information content (AvgIpc) is 3.20. The van der Waals surface area contributed by atoms with E-state index in [-0.39, 0.29) is 22.7 Å². The van der Waals surface area contributed by atoms with Crippen LogP contribution in [0.1, 0.15) is 89.2 Å². The maximum absolute atomic E-state index is 11.2. The summed E-state index contributed by atoms with van der Waals surface area (Å²) in [4.78, 5) is 0. The van der Waals surface area contributed by atoms with Crippen molar-refractivity contribution in [3.05, 3.63) is 64.9 Å². The van der Waals surface area contributed by atoms with Gasteiger partial charge >= 0.3 is 0 Å². The number of aliphatic hydroxyl groups is 1. The van der Waals surface area contributed by atoms with Crippen molar-refractivity contribution in [2.75, 3.05) is 13.2 Å². The van der Waals surface area contributed by atoms with Gasteiger partial charge in [-0.1, -0.05) is 62.5 Å². The molecule has 6 unspecified atom stereocenters. The standard InChI is InChI=1S/C34H42O3/c1-5-6-7-8-23-9-11-24(12-10-23)28-20-33(4)29(15-16-30(33)35)27-14-13-25-19-34(18-17-26(25)31(27)28)36-21-32(2,3)22-37-34/h6,9-12,25,27-30,35H,1,13-22H2,2-4H3. The normalized spacial score (nSPS) is 37.5. The van der Waals surface area contributed by atoms with Gasteiger partial charge in [-0.3, -0.25) is 0 Å². The first-order chi connectivity index (χ1) is 17.7. The Morgan fingerprint density at radius 3 is 2.49 bits per heavy atom. The van der Waals surface area contributed by atoms with E-state index in [0.717, 1.165) is 57.3 Å². The summed E-state index contributed by atoms with van der Waals surface area (Å²) in [5.74, 6) is 7.89. The molecule has 37 heavy (non-hydrogen) atoms. The third kappa shape index (κ3) is 4.37.